The van der Waals surface area contributed by atoms with Crippen molar-refractivity contribution in [2.75, 3.05) is 13.7 Å². The van der Waals surface area contributed by atoms with E-state index < -0.39 is 24.7 Å². The molecule has 1 unspecified atom stereocenters. The van der Waals surface area contributed by atoms with E-state index in [1.54, 1.807) is 0 Å². The second-order valence-electron chi connectivity index (χ2n) is 3.72. The number of esters is 1. The molecule has 0 amide bonds. The molecule has 88 valence electrons. The third kappa shape index (κ3) is 3.70. The van der Waals surface area contributed by atoms with Crippen molar-refractivity contribution in [3.8, 4) is 0 Å². The van der Waals surface area contributed by atoms with Crippen molar-refractivity contribution in [2.45, 2.75) is 38.0 Å². The molecule has 0 N–H and O–H groups in total. The number of methoxy groups -OCH3 is 1. The molecule has 6 heteroatoms. The van der Waals surface area contributed by atoms with Gasteiger partial charge in [0.1, 0.15) is 6.04 Å². The van der Waals surface area contributed by atoms with Gasteiger partial charge in [-0.1, -0.05) is 0 Å². The van der Waals surface area contributed by atoms with Gasteiger partial charge in [-0.25, -0.2) is 0 Å². The number of carbonyl (C=O) groups is 1. The molecule has 1 rings (SSSR count). The van der Waals surface area contributed by atoms with E-state index in [0.717, 1.165) is 17.7 Å². The minimum Gasteiger partial charge on any atom is -0.468 e. The summed E-state index contributed by atoms with van der Waals surface area (Å²) >= 11 is 0. The van der Waals surface area contributed by atoms with E-state index in [0.29, 0.717) is 0 Å². The van der Waals surface area contributed by atoms with E-state index >= 15 is 0 Å². The Morgan fingerprint density at radius 3 is 2.40 bits per heavy atom. The van der Waals surface area contributed by atoms with Crippen LogP contribution in [0.4, 0.5) is 13.2 Å². The van der Waals surface area contributed by atoms with Crippen LogP contribution < -0.4 is 0 Å². The minimum absolute atomic E-state index is 0.124. The van der Waals surface area contributed by atoms with Gasteiger partial charge in [0, 0.05) is 6.04 Å². The van der Waals surface area contributed by atoms with Gasteiger partial charge >= 0.3 is 12.1 Å². The summed E-state index contributed by atoms with van der Waals surface area (Å²) in [5.41, 5.74) is 0. The summed E-state index contributed by atoms with van der Waals surface area (Å²) in [7, 11) is 1.18. The van der Waals surface area contributed by atoms with Crippen molar-refractivity contribution in [1.29, 1.82) is 0 Å². The van der Waals surface area contributed by atoms with Crippen molar-refractivity contribution in [1.82, 2.24) is 4.90 Å². The summed E-state index contributed by atoms with van der Waals surface area (Å²) in [5, 5.41) is 0. The maximum atomic E-state index is 12.2. The Morgan fingerprint density at radius 2 is 2.07 bits per heavy atom. The number of rotatable bonds is 4. The van der Waals surface area contributed by atoms with E-state index in [9.17, 15) is 18.0 Å². The van der Waals surface area contributed by atoms with Crippen LogP contribution in [0.15, 0.2) is 0 Å². The van der Waals surface area contributed by atoms with Gasteiger partial charge in [0.15, 0.2) is 0 Å². The lowest BCUT2D eigenvalue weighted by Crippen LogP contribution is -2.46. The van der Waals surface area contributed by atoms with Crippen LogP contribution in [0.5, 0.6) is 0 Å². The topological polar surface area (TPSA) is 29.5 Å². The van der Waals surface area contributed by atoms with Crippen LogP contribution in [0.3, 0.4) is 0 Å². The van der Waals surface area contributed by atoms with Gasteiger partial charge in [0.25, 0.3) is 0 Å². The minimum atomic E-state index is -4.27. The standard InChI is InChI=1S/C9H14F3NO2/c1-6(8(14)15-2)13(7-3-4-7)5-9(10,11)12/h6-7H,3-5H2,1-2H3. The van der Waals surface area contributed by atoms with E-state index in [4.69, 9.17) is 0 Å². The molecule has 0 bridgehead atoms. The summed E-state index contributed by atoms with van der Waals surface area (Å²) in [4.78, 5) is 12.3. The third-order valence-corrected chi connectivity index (χ3v) is 2.42. The van der Waals surface area contributed by atoms with Crippen molar-refractivity contribution in [3.05, 3.63) is 0 Å². The summed E-state index contributed by atoms with van der Waals surface area (Å²) in [6.07, 6.45) is -2.83. The van der Waals surface area contributed by atoms with Crippen LogP contribution in [0.2, 0.25) is 0 Å². The molecule has 1 fully saturated rings. The number of hydrogen-bond donors (Lipinski definition) is 0. The fraction of sp³-hybridized carbons (Fsp3) is 0.889. The second-order valence-corrected chi connectivity index (χ2v) is 3.72. The Balaban J connectivity index is 2.61. The first-order valence-electron chi connectivity index (χ1n) is 4.75. The molecule has 1 aliphatic rings. The summed E-state index contributed by atoms with van der Waals surface area (Å²) in [6.45, 7) is 0.393. The number of nitrogens with zero attached hydrogens (tertiary/aromatic N) is 1. The highest BCUT2D eigenvalue weighted by Gasteiger charge is 2.42. The normalized spacial score (nSPS) is 19.1. The predicted octanol–water partition coefficient (Wildman–Crippen LogP) is 1.57. The molecule has 15 heavy (non-hydrogen) atoms. The van der Waals surface area contributed by atoms with Gasteiger partial charge in [0.05, 0.1) is 13.7 Å². The maximum Gasteiger partial charge on any atom is 0.401 e. The molecule has 0 radical (unpaired) electrons. The highest BCUT2D eigenvalue weighted by Crippen LogP contribution is 2.31. The number of hydrogen-bond acceptors (Lipinski definition) is 3. The maximum absolute atomic E-state index is 12.2. The second kappa shape index (κ2) is 4.38. The van der Waals surface area contributed by atoms with Gasteiger partial charge in [0.2, 0.25) is 0 Å². The summed E-state index contributed by atoms with van der Waals surface area (Å²) in [5.74, 6) is -0.619. The Kier molecular flexibility index (Phi) is 3.59. The van der Waals surface area contributed by atoms with Gasteiger partial charge < -0.3 is 4.74 Å². The molecule has 0 aromatic rings. The van der Waals surface area contributed by atoms with Crippen LogP contribution in [0.25, 0.3) is 0 Å². The van der Waals surface area contributed by atoms with Gasteiger partial charge in [-0.15, -0.1) is 0 Å². The fourth-order valence-electron chi connectivity index (χ4n) is 1.50. The quantitative estimate of drug-likeness (QED) is 0.680. The van der Waals surface area contributed by atoms with Gasteiger partial charge in [-0.2, -0.15) is 13.2 Å². The molecular weight excluding hydrogens is 211 g/mol. The number of halogens is 3. The van der Waals surface area contributed by atoms with E-state index in [1.807, 2.05) is 0 Å². The molecular formula is C9H14F3NO2. The number of ether oxygens (including phenoxy) is 1. The summed E-state index contributed by atoms with van der Waals surface area (Å²) in [6, 6.07) is -0.954. The average Bonchev–Trinajstić information content (AvgIpc) is 2.93. The van der Waals surface area contributed by atoms with Crippen molar-refractivity contribution in [2.24, 2.45) is 0 Å². The lowest BCUT2D eigenvalue weighted by atomic mass is 10.2. The van der Waals surface area contributed by atoms with Crippen LogP contribution >= 0.6 is 0 Å². The largest absolute Gasteiger partial charge is 0.468 e. The molecule has 1 atom stereocenters. The smallest absolute Gasteiger partial charge is 0.401 e. The molecule has 0 spiro atoms. The molecule has 0 aliphatic heterocycles. The van der Waals surface area contributed by atoms with Crippen molar-refractivity contribution < 1.29 is 22.7 Å². The predicted molar refractivity (Wildman–Crippen MR) is 47.3 cm³/mol. The highest BCUT2D eigenvalue weighted by atomic mass is 19.4. The van der Waals surface area contributed by atoms with Crippen molar-refractivity contribution in [3.63, 3.8) is 0 Å². The zero-order chi connectivity index (χ0) is 11.6. The fourth-order valence-corrected chi connectivity index (χ4v) is 1.50. The summed E-state index contributed by atoms with van der Waals surface area (Å²) < 4.78 is 41.1. The van der Waals surface area contributed by atoms with E-state index in [-0.39, 0.29) is 6.04 Å². The lowest BCUT2D eigenvalue weighted by molar-refractivity contribution is -0.163. The lowest BCUT2D eigenvalue weighted by Gasteiger charge is -2.27. The van der Waals surface area contributed by atoms with E-state index in [2.05, 4.69) is 4.74 Å². The van der Waals surface area contributed by atoms with Crippen LogP contribution in [0, 0.1) is 0 Å². The molecule has 1 aliphatic carbocycles. The zero-order valence-corrected chi connectivity index (χ0v) is 8.67. The third-order valence-electron chi connectivity index (χ3n) is 2.42. The van der Waals surface area contributed by atoms with Crippen LogP contribution in [0.1, 0.15) is 19.8 Å². The SMILES string of the molecule is COC(=O)C(C)N(CC(F)(F)F)C1CC1. The van der Waals surface area contributed by atoms with E-state index in [1.165, 1.54) is 14.0 Å². The average molecular weight is 225 g/mol. The van der Waals surface area contributed by atoms with Crippen LogP contribution in [-0.2, 0) is 9.53 Å². The van der Waals surface area contributed by atoms with Gasteiger partial charge in [-0.3, -0.25) is 9.69 Å². The van der Waals surface area contributed by atoms with Gasteiger partial charge in [-0.05, 0) is 19.8 Å². The Labute approximate surface area is 86.2 Å². The Hall–Kier alpha value is -0.780. The first kappa shape index (κ1) is 12.3. The number of alkyl halides is 3. The van der Waals surface area contributed by atoms with Crippen molar-refractivity contribution >= 4 is 5.97 Å². The number of carbonyl (C=O) groups excluding carboxylic acids is 1. The zero-order valence-electron chi connectivity index (χ0n) is 8.67. The molecule has 0 heterocycles. The highest BCUT2D eigenvalue weighted by molar-refractivity contribution is 5.75. The molecule has 1 saturated carbocycles. The first-order valence-corrected chi connectivity index (χ1v) is 4.75. The Bertz CT molecular complexity index is 238. The first-order chi connectivity index (χ1) is 6.85. The van der Waals surface area contributed by atoms with Crippen LogP contribution in [-0.4, -0.2) is 42.8 Å². The molecule has 0 saturated heterocycles. The monoisotopic (exact) mass is 225 g/mol. The molecule has 0 aromatic heterocycles. The Morgan fingerprint density at radius 1 is 1.53 bits per heavy atom. The molecule has 3 nitrogen and oxygen atoms in total. The molecule has 0 aromatic carbocycles.